The first-order chi connectivity index (χ1) is 10.2. The van der Waals surface area contributed by atoms with Crippen LogP contribution in [0.15, 0.2) is 22.8 Å². The molecular formula is C17H24O5. The molecule has 1 heterocycles. The van der Waals surface area contributed by atoms with E-state index in [1.165, 1.54) is 6.92 Å². The Balaban J connectivity index is 2.16. The maximum atomic E-state index is 11.2. The molecule has 0 aromatic rings. The third-order valence-electron chi connectivity index (χ3n) is 4.65. The lowest BCUT2D eigenvalue weighted by atomic mass is 9.80. The lowest BCUT2D eigenvalue weighted by Gasteiger charge is -2.43. The van der Waals surface area contributed by atoms with E-state index in [9.17, 15) is 9.59 Å². The van der Waals surface area contributed by atoms with Crippen LogP contribution in [0.25, 0.3) is 0 Å². The van der Waals surface area contributed by atoms with Crippen LogP contribution in [0.3, 0.4) is 0 Å². The van der Waals surface area contributed by atoms with Gasteiger partial charge in [0.05, 0.1) is 5.60 Å². The van der Waals surface area contributed by atoms with E-state index in [0.29, 0.717) is 6.42 Å². The molecule has 3 unspecified atom stereocenters. The Labute approximate surface area is 131 Å². The topological polar surface area (TPSA) is 72.8 Å². The molecule has 1 aliphatic carbocycles. The van der Waals surface area contributed by atoms with E-state index in [4.69, 9.17) is 14.6 Å². The number of carbonyl (C=O) groups excluding carboxylic acids is 1. The standard InChI is InChI=1S/C17H24O5/c1-10-11(2)16-13(9-14(10)21-12(3)18)5-7-17(4,22-16)8-6-15(19)20/h9,14,16H,5-8H2,1-4H3,(H,19,20). The van der Waals surface area contributed by atoms with Crippen molar-refractivity contribution in [2.45, 2.75) is 71.2 Å². The summed E-state index contributed by atoms with van der Waals surface area (Å²) in [5, 5.41) is 8.88. The van der Waals surface area contributed by atoms with Crippen molar-refractivity contribution in [3.63, 3.8) is 0 Å². The first kappa shape index (κ1) is 16.7. The van der Waals surface area contributed by atoms with Gasteiger partial charge in [-0.3, -0.25) is 9.59 Å². The average Bonchev–Trinajstić information content (AvgIpc) is 2.43. The minimum atomic E-state index is -0.798. The Morgan fingerprint density at radius 1 is 1.41 bits per heavy atom. The van der Waals surface area contributed by atoms with Crippen molar-refractivity contribution < 1.29 is 24.2 Å². The zero-order chi connectivity index (χ0) is 16.5. The van der Waals surface area contributed by atoms with Crippen molar-refractivity contribution >= 4 is 11.9 Å². The molecule has 2 aliphatic rings. The van der Waals surface area contributed by atoms with Crippen LogP contribution in [0.5, 0.6) is 0 Å². The number of ether oxygens (including phenoxy) is 2. The minimum Gasteiger partial charge on any atom is -0.481 e. The summed E-state index contributed by atoms with van der Waals surface area (Å²) in [7, 11) is 0. The molecule has 2 rings (SSSR count). The summed E-state index contributed by atoms with van der Waals surface area (Å²) < 4.78 is 11.6. The second kappa shape index (κ2) is 6.24. The van der Waals surface area contributed by atoms with Gasteiger partial charge in [0.1, 0.15) is 12.2 Å². The predicted molar refractivity (Wildman–Crippen MR) is 81.4 cm³/mol. The summed E-state index contributed by atoms with van der Waals surface area (Å²) >= 11 is 0. The van der Waals surface area contributed by atoms with E-state index < -0.39 is 11.6 Å². The Kier molecular flexibility index (Phi) is 4.75. The molecule has 0 aromatic carbocycles. The summed E-state index contributed by atoms with van der Waals surface area (Å²) in [6, 6.07) is 0. The van der Waals surface area contributed by atoms with Crippen molar-refractivity contribution in [2.75, 3.05) is 0 Å². The lowest BCUT2D eigenvalue weighted by Crippen LogP contribution is -2.42. The molecule has 5 heteroatoms. The van der Waals surface area contributed by atoms with Gasteiger partial charge in [0, 0.05) is 13.3 Å². The van der Waals surface area contributed by atoms with Crippen molar-refractivity contribution in [3.8, 4) is 0 Å². The van der Waals surface area contributed by atoms with Crippen molar-refractivity contribution in [2.24, 2.45) is 0 Å². The van der Waals surface area contributed by atoms with E-state index in [1.807, 2.05) is 26.8 Å². The molecule has 1 aliphatic heterocycles. The number of aliphatic carboxylic acids is 1. The molecule has 0 radical (unpaired) electrons. The summed E-state index contributed by atoms with van der Waals surface area (Å²) in [4.78, 5) is 22.0. The second-order valence-electron chi connectivity index (χ2n) is 6.48. The van der Waals surface area contributed by atoms with E-state index in [2.05, 4.69) is 0 Å². The zero-order valence-corrected chi connectivity index (χ0v) is 13.6. The summed E-state index contributed by atoms with van der Waals surface area (Å²) in [5.41, 5.74) is 2.76. The SMILES string of the molecule is CC(=O)OC1C=C2CCC(C)(CCC(=O)O)OC2C(C)=C1C. The normalized spacial score (nSPS) is 31.4. The number of fused-ring (bicyclic) bond motifs is 1. The largest absolute Gasteiger partial charge is 0.481 e. The fraction of sp³-hybridized carbons (Fsp3) is 0.647. The highest BCUT2D eigenvalue weighted by Gasteiger charge is 2.39. The zero-order valence-electron chi connectivity index (χ0n) is 13.6. The van der Waals surface area contributed by atoms with E-state index in [-0.39, 0.29) is 24.6 Å². The summed E-state index contributed by atoms with van der Waals surface area (Å²) in [6.45, 7) is 7.33. The van der Waals surface area contributed by atoms with Crippen molar-refractivity contribution in [1.82, 2.24) is 0 Å². The smallest absolute Gasteiger partial charge is 0.303 e. The van der Waals surface area contributed by atoms with E-state index in [0.717, 1.165) is 29.6 Å². The van der Waals surface area contributed by atoms with Gasteiger partial charge in [-0.1, -0.05) is 0 Å². The van der Waals surface area contributed by atoms with Gasteiger partial charge in [-0.2, -0.15) is 0 Å². The fourth-order valence-electron chi connectivity index (χ4n) is 3.10. The Bertz CT molecular complexity index is 545. The Morgan fingerprint density at radius 2 is 2.09 bits per heavy atom. The van der Waals surface area contributed by atoms with Gasteiger partial charge in [0.2, 0.25) is 0 Å². The first-order valence-corrected chi connectivity index (χ1v) is 7.66. The van der Waals surface area contributed by atoms with Crippen LogP contribution < -0.4 is 0 Å². The van der Waals surface area contributed by atoms with Gasteiger partial charge >= 0.3 is 11.9 Å². The number of hydrogen-bond acceptors (Lipinski definition) is 4. The average molecular weight is 308 g/mol. The molecular weight excluding hydrogens is 284 g/mol. The molecule has 0 amide bonds. The monoisotopic (exact) mass is 308 g/mol. The van der Waals surface area contributed by atoms with Gasteiger partial charge in [-0.15, -0.1) is 0 Å². The number of esters is 1. The van der Waals surface area contributed by atoms with Gasteiger partial charge in [-0.25, -0.2) is 0 Å². The molecule has 1 fully saturated rings. The number of carboxylic acid groups (broad SMARTS) is 1. The van der Waals surface area contributed by atoms with Crippen molar-refractivity contribution in [3.05, 3.63) is 22.8 Å². The van der Waals surface area contributed by atoms with Crippen molar-refractivity contribution in [1.29, 1.82) is 0 Å². The highest BCUT2D eigenvalue weighted by atomic mass is 16.5. The van der Waals surface area contributed by atoms with Crippen LogP contribution in [-0.2, 0) is 19.1 Å². The highest BCUT2D eigenvalue weighted by molar-refractivity contribution is 5.67. The lowest BCUT2D eigenvalue weighted by molar-refractivity contribution is -0.143. The van der Waals surface area contributed by atoms with Gasteiger partial charge in [0.25, 0.3) is 0 Å². The third kappa shape index (κ3) is 3.58. The number of rotatable bonds is 4. The third-order valence-corrected chi connectivity index (χ3v) is 4.65. The molecule has 1 saturated heterocycles. The van der Waals surface area contributed by atoms with E-state index in [1.54, 1.807) is 0 Å². The van der Waals surface area contributed by atoms with Crippen LogP contribution in [0, 0.1) is 0 Å². The number of carbonyl (C=O) groups is 2. The van der Waals surface area contributed by atoms with Crippen LogP contribution in [0.1, 0.15) is 53.4 Å². The predicted octanol–water partition coefficient (Wildman–Crippen LogP) is 3.00. The Morgan fingerprint density at radius 3 is 2.68 bits per heavy atom. The number of hydrogen-bond donors (Lipinski definition) is 1. The summed E-state index contributed by atoms with van der Waals surface area (Å²) in [6.07, 6.45) is 3.78. The van der Waals surface area contributed by atoms with E-state index >= 15 is 0 Å². The maximum absolute atomic E-state index is 11.2. The Hall–Kier alpha value is -1.62. The molecule has 5 nitrogen and oxygen atoms in total. The van der Waals surface area contributed by atoms with Crippen LogP contribution in [0.4, 0.5) is 0 Å². The van der Waals surface area contributed by atoms with Crippen LogP contribution in [-0.4, -0.2) is 34.9 Å². The van der Waals surface area contributed by atoms with Gasteiger partial charge in [-0.05, 0) is 62.8 Å². The van der Waals surface area contributed by atoms with Crippen LogP contribution in [0.2, 0.25) is 0 Å². The second-order valence-corrected chi connectivity index (χ2v) is 6.48. The number of carboxylic acids is 1. The maximum Gasteiger partial charge on any atom is 0.303 e. The molecule has 3 atom stereocenters. The molecule has 122 valence electrons. The van der Waals surface area contributed by atoms with Gasteiger partial charge < -0.3 is 14.6 Å². The first-order valence-electron chi connectivity index (χ1n) is 7.66. The molecule has 0 saturated carbocycles. The summed E-state index contributed by atoms with van der Waals surface area (Å²) in [5.74, 6) is -1.09. The minimum absolute atomic E-state index is 0.111. The highest BCUT2D eigenvalue weighted by Crippen LogP contribution is 2.41. The molecule has 1 N–H and O–H groups in total. The fourth-order valence-corrected chi connectivity index (χ4v) is 3.10. The quantitative estimate of drug-likeness (QED) is 0.638. The molecule has 0 aromatic heterocycles. The molecule has 22 heavy (non-hydrogen) atoms. The molecule has 0 bridgehead atoms. The molecule has 0 spiro atoms. The van der Waals surface area contributed by atoms with Gasteiger partial charge in [0.15, 0.2) is 0 Å². The van der Waals surface area contributed by atoms with Crippen LogP contribution >= 0.6 is 0 Å².